The first-order valence-electron chi connectivity index (χ1n) is 6.36. The van der Waals surface area contributed by atoms with Crippen LogP contribution in [0.4, 0.5) is 0 Å². The standard InChI is InChI=1S/C14H17N3O/c1-9-4-2-3-5-11(9)8-12-16-14(18-17-12)13(15)10-6-7-10/h2-5,10,13H,6-8,15H2,1H3. The van der Waals surface area contributed by atoms with E-state index in [-0.39, 0.29) is 6.04 Å². The molecular formula is C14H17N3O. The molecule has 0 amide bonds. The molecule has 1 aromatic carbocycles. The van der Waals surface area contributed by atoms with Crippen molar-refractivity contribution in [1.29, 1.82) is 0 Å². The number of aryl methyl sites for hydroxylation is 1. The van der Waals surface area contributed by atoms with Gasteiger partial charge in [0.1, 0.15) is 0 Å². The predicted molar refractivity (Wildman–Crippen MR) is 67.9 cm³/mol. The van der Waals surface area contributed by atoms with Crippen molar-refractivity contribution < 1.29 is 4.52 Å². The van der Waals surface area contributed by atoms with Crippen molar-refractivity contribution in [3.8, 4) is 0 Å². The SMILES string of the molecule is Cc1ccccc1Cc1noc(C(N)C2CC2)n1. The van der Waals surface area contributed by atoms with Crippen LogP contribution in [-0.2, 0) is 6.42 Å². The van der Waals surface area contributed by atoms with Crippen molar-refractivity contribution in [2.75, 3.05) is 0 Å². The Hall–Kier alpha value is -1.68. The lowest BCUT2D eigenvalue weighted by molar-refractivity contribution is 0.340. The molecule has 0 saturated heterocycles. The summed E-state index contributed by atoms with van der Waals surface area (Å²) in [4.78, 5) is 4.41. The van der Waals surface area contributed by atoms with Gasteiger partial charge in [-0.2, -0.15) is 4.98 Å². The molecular weight excluding hydrogens is 226 g/mol. The van der Waals surface area contributed by atoms with Crippen LogP contribution < -0.4 is 5.73 Å². The highest BCUT2D eigenvalue weighted by molar-refractivity contribution is 5.28. The molecule has 1 saturated carbocycles. The van der Waals surface area contributed by atoms with Crippen molar-refractivity contribution in [3.63, 3.8) is 0 Å². The molecule has 2 aromatic rings. The van der Waals surface area contributed by atoms with Crippen LogP contribution in [-0.4, -0.2) is 10.1 Å². The molecule has 2 N–H and O–H groups in total. The van der Waals surface area contributed by atoms with Gasteiger partial charge in [0.25, 0.3) is 0 Å². The fraction of sp³-hybridized carbons (Fsp3) is 0.429. The minimum absolute atomic E-state index is 0.0804. The van der Waals surface area contributed by atoms with Gasteiger partial charge in [-0.3, -0.25) is 0 Å². The van der Waals surface area contributed by atoms with Gasteiger partial charge in [0.05, 0.1) is 6.04 Å². The van der Waals surface area contributed by atoms with Crippen LogP contribution in [0.15, 0.2) is 28.8 Å². The Labute approximate surface area is 106 Å². The van der Waals surface area contributed by atoms with E-state index in [4.69, 9.17) is 10.3 Å². The molecule has 0 bridgehead atoms. The van der Waals surface area contributed by atoms with E-state index in [9.17, 15) is 0 Å². The number of nitrogens with two attached hydrogens (primary N) is 1. The minimum atomic E-state index is -0.0804. The zero-order chi connectivity index (χ0) is 12.5. The highest BCUT2D eigenvalue weighted by atomic mass is 16.5. The molecule has 1 aliphatic carbocycles. The zero-order valence-corrected chi connectivity index (χ0v) is 10.5. The van der Waals surface area contributed by atoms with Crippen LogP contribution in [0.3, 0.4) is 0 Å². The topological polar surface area (TPSA) is 64.9 Å². The molecule has 0 aliphatic heterocycles. The van der Waals surface area contributed by atoms with Crippen molar-refractivity contribution in [1.82, 2.24) is 10.1 Å². The smallest absolute Gasteiger partial charge is 0.243 e. The fourth-order valence-corrected chi connectivity index (χ4v) is 2.11. The normalized spacial score (nSPS) is 16.8. The fourth-order valence-electron chi connectivity index (χ4n) is 2.11. The summed E-state index contributed by atoms with van der Waals surface area (Å²) in [6, 6.07) is 8.16. The summed E-state index contributed by atoms with van der Waals surface area (Å²) in [7, 11) is 0. The summed E-state index contributed by atoms with van der Waals surface area (Å²) >= 11 is 0. The Morgan fingerprint density at radius 3 is 2.89 bits per heavy atom. The van der Waals surface area contributed by atoms with Gasteiger partial charge in [-0.1, -0.05) is 29.4 Å². The summed E-state index contributed by atoms with van der Waals surface area (Å²) in [6.07, 6.45) is 3.06. The monoisotopic (exact) mass is 243 g/mol. The first-order chi connectivity index (χ1) is 8.74. The lowest BCUT2D eigenvalue weighted by Crippen LogP contribution is -2.12. The third-order valence-corrected chi connectivity index (χ3v) is 3.51. The Morgan fingerprint density at radius 2 is 2.17 bits per heavy atom. The second kappa shape index (κ2) is 4.53. The summed E-state index contributed by atoms with van der Waals surface area (Å²) in [5.74, 6) is 1.84. The molecule has 1 fully saturated rings. The van der Waals surface area contributed by atoms with Gasteiger partial charge in [0.15, 0.2) is 5.82 Å². The molecule has 94 valence electrons. The Balaban J connectivity index is 1.75. The molecule has 3 rings (SSSR count). The highest BCUT2D eigenvalue weighted by Gasteiger charge is 2.33. The number of hydrogen-bond donors (Lipinski definition) is 1. The first kappa shape index (κ1) is 11.4. The van der Waals surface area contributed by atoms with E-state index in [1.165, 1.54) is 24.0 Å². The van der Waals surface area contributed by atoms with Crippen LogP contribution in [0.5, 0.6) is 0 Å². The first-order valence-corrected chi connectivity index (χ1v) is 6.36. The van der Waals surface area contributed by atoms with Crippen molar-refractivity contribution in [2.24, 2.45) is 11.7 Å². The largest absolute Gasteiger partial charge is 0.338 e. The number of hydrogen-bond acceptors (Lipinski definition) is 4. The summed E-state index contributed by atoms with van der Waals surface area (Å²) in [6.45, 7) is 2.09. The zero-order valence-electron chi connectivity index (χ0n) is 10.5. The van der Waals surface area contributed by atoms with Crippen molar-refractivity contribution >= 4 is 0 Å². The van der Waals surface area contributed by atoms with Crippen LogP contribution in [0, 0.1) is 12.8 Å². The molecule has 1 aromatic heterocycles. The average Bonchev–Trinajstić information content (AvgIpc) is 3.12. The van der Waals surface area contributed by atoms with E-state index in [0.29, 0.717) is 18.2 Å². The van der Waals surface area contributed by atoms with Gasteiger partial charge in [0, 0.05) is 6.42 Å². The van der Waals surface area contributed by atoms with Gasteiger partial charge >= 0.3 is 0 Å². The van der Waals surface area contributed by atoms with Crippen molar-refractivity contribution in [3.05, 3.63) is 47.1 Å². The van der Waals surface area contributed by atoms with Crippen molar-refractivity contribution in [2.45, 2.75) is 32.2 Å². The Kier molecular flexibility index (Phi) is 2.88. The average molecular weight is 243 g/mol. The van der Waals surface area contributed by atoms with Gasteiger partial charge < -0.3 is 10.3 Å². The van der Waals surface area contributed by atoms with Gasteiger partial charge in [0.2, 0.25) is 5.89 Å². The number of aromatic nitrogens is 2. The predicted octanol–water partition coefficient (Wildman–Crippen LogP) is 2.38. The van der Waals surface area contributed by atoms with E-state index in [2.05, 4.69) is 29.2 Å². The molecule has 1 unspecified atom stereocenters. The number of rotatable bonds is 4. The third-order valence-electron chi connectivity index (χ3n) is 3.51. The van der Waals surface area contributed by atoms with E-state index in [1.54, 1.807) is 0 Å². The lowest BCUT2D eigenvalue weighted by atomic mass is 10.1. The highest BCUT2D eigenvalue weighted by Crippen LogP contribution is 2.38. The van der Waals surface area contributed by atoms with Gasteiger partial charge in [-0.05, 0) is 36.8 Å². The van der Waals surface area contributed by atoms with Gasteiger partial charge in [-0.25, -0.2) is 0 Å². The maximum absolute atomic E-state index is 6.04. The summed E-state index contributed by atoms with van der Waals surface area (Å²) < 4.78 is 5.25. The molecule has 18 heavy (non-hydrogen) atoms. The minimum Gasteiger partial charge on any atom is -0.338 e. The second-order valence-corrected chi connectivity index (χ2v) is 5.02. The number of nitrogens with zero attached hydrogens (tertiary/aromatic N) is 2. The maximum Gasteiger partial charge on any atom is 0.243 e. The molecule has 1 atom stereocenters. The quantitative estimate of drug-likeness (QED) is 0.895. The van der Waals surface area contributed by atoms with Crippen LogP contribution in [0.25, 0.3) is 0 Å². The van der Waals surface area contributed by atoms with E-state index in [0.717, 1.165) is 5.82 Å². The Bertz CT molecular complexity index is 545. The number of benzene rings is 1. The third kappa shape index (κ3) is 2.29. The molecule has 1 heterocycles. The van der Waals surface area contributed by atoms with E-state index >= 15 is 0 Å². The molecule has 4 heteroatoms. The van der Waals surface area contributed by atoms with Crippen LogP contribution >= 0.6 is 0 Å². The van der Waals surface area contributed by atoms with E-state index < -0.39 is 0 Å². The second-order valence-electron chi connectivity index (χ2n) is 5.02. The molecule has 4 nitrogen and oxygen atoms in total. The summed E-state index contributed by atoms with van der Waals surface area (Å²) in [5, 5.41) is 4.02. The maximum atomic E-state index is 6.04. The molecule has 0 radical (unpaired) electrons. The summed E-state index contributed by atoms with van der Waals surface area (Å²) in [5.41, 5.74) is 8.51. The molecule has 0 spiro atoms. The molecule has 1 aliphatic rings. The Morgan fingerprint density at radius 1 is 1.39 bits per heavy atom. The van der Waals surface area contributed by atoms with Crippen LogP contribution in [0.2, 0.25) is 0 Å². The van der Waals surface area contributed by atoms with Crippen LogP contribution in [0.1, 0.15) is 41.7 Å². The van der Waals surface area contributed by atoms with E-state index in [1.807, 2.05) is 12.1 Å². The lowest BCUT2D eigenvalue weighted by Gasteiger charge is -2.02. The van der Waals surface area contributed by atoms with Gasteiger partial charge in [-0.15, -0.1) is 0 Å².